The number of benzene rings is 2. The molecule has 0 saturated carbocycles. The summed E-state index contributed by atoms with van der Waals surface area (Å²) >= 11 is 0. The summed E-state index contributed by atoms with van der Waals surface area (Å²) in [6, 6.07) is 14.9. The van der Waals surface area contributed by atoms with Gasteiger partial charge < -0.3 is 14.4 Å². The number of hydrogen-bond acceptors (Lipinski definition) is 3. The van der Waals surface area contributed by atoms with E-state index < -0.39 is 0 Å². The third-order valence-electron chi connectivity index (χ3n) is 5.05. The molecule has 0 radical (unpaired) electrons. The molecule has 0 spiro atoms. The first-order valence-electron chi connectivity index (χ1n) is 8.90. The largest absolute Gasteiger partial charge is 0.507 e. The maximum absolute atomic E-state index is 12.5. The molecule has 1 saturated heterocycles. The number of fused-ring (bicyclic) bond motifs is 1. The fraction of sp³-hybridized carbons (Fsp3) is 0.286. The molecule has 4 heteroatoms. The third kappa shape index (κ3) is 3.17. The Morgan fingerprint density at radius 3 is 2.52 bits per heavy atom. The van der Waals surface area contributed by atoms with Crippen LogP contribution in [0.4, 0.5) is 0 Å². The molecule has 3 aromatic rings. The zero-order chi connectivity index (χ0) is 17.2. The summed E-state index contributed by atoms with van der Waals surface area (Å²) in [6.07, 6.45) is 3.70. The van der Waals surface area contributed by atoms with Crippen molar-refractivity contribution in [2.24, 2.45) is 0 Å². The summed E-state index contributed by atoms with van der Waals surface area (Å²) in [7, 11) is 0. The predicted molar refractivity (Wildman–Crippen MR) is 97.8 cm³/mol. The maximum Gasteiger partial charge on any atom is 0.344 e. The number of hydrogen-bond donors (Lipinski definition) is 2. The van der Waals surface area contributed by atoms with Crippen molar-refractivity contribution in [2.75, 3.05) is 13.1 Å². The first-order chi connectivity index (χ1) is 12.2. The van der Waals surface area contributed by atoms with Gasteiger partial charge in [0.05, 0.1) is 24.2 Å². The molecule has 128 valence electrons. The van der Waals surface area contributed by atoms with Crippen LogP contribution in [0, 0.1) is 0 Å². The van der Waals surface area contributed by atoms with E-state index in [0.29, 0.717) is 17.7 Å². The van der Waals surface area contributed by atoms with E-state index in [1.54, 1.807) is 6.07 Å². The van der Waals surface area contributed by atoms with Gasteiger partial charge in [-0.3, -0.25) is 0 Å². The average molecular weight is 336 g/mol. The lowest BCUT2D eigenvalue weighted by atomic mass is 10.0. The van der Waals surface area contributed by atoms with Gasteiger partial charge in [-0.25, -0.2) is 4.79 Å². The fourth-order valence-electron chi connectivity index (χ4n) is 3.70. The average Bonchev–Trinajstić information content (AvgIpc) is 2.65. The van der Waals surface area contributed by atoms with Gasteiger partial charge in [0.15, 0.2) is 5.58 Å². The van der Waals surface area contributed by atoms with Crippen molar-refractivity contribution in [2.45, 2.75) is 25.8 Å². The first kappa shape index (κ1) is 15.9. The quantitative estimate of drug-likeness (QED) is 0.723. The van der Waals surface area contributed by atoms with E-state index in [1.165, 1.54) is 24.2 Å². The highest BCUT2D eigenvalue weighted by molar-refractivity contribution is 5.85. The normalized spacial score (nSPS) is 15.5. The predicted octanol–water partition coefficient (Wildman–Crippen LogP) is 2.73. The van der Waals surface area contributed by atoms with Gasteiger partial charge in [0.25, 0.3) is 0 Å². The smallest absolute Gasteiger partial charge is 0.344 e. The minimum atomic E-state index is -0.362. The number of rotatable bonds is 3. The number of nitrogens with one attached hydrogen (secondary N) is 1. The second-order valence-corrected chi connectivity index (χ2v) is 6.78. The minimum absolute atomic E-state index is 0.209. The second-order valence-electron chi connectivity index (χ2n) is 6.78. The molecule has 1 aromatic heterocycles. The second kappa shape index (κ2) is 6.73. The van der Waals surface area contributed by atoms with E-state index in [4.69, 9.17) is 4.42 Å². The molecule has 0 aliphatic carbocycles. The molecule has 1 fully saturated rings. The molecule has 4 rings (SSSR count). The summed E-state index contributed by atoms with van der Waals surface area (Å²) in [6.45, 7) is 2.89. The Hall–Kier alpha value is -2.59. The minimum Gasteiger partial charge on any atom is -0.507 e. The van der Waals surface area contributed by atoms with Crippen LogP contribution >= 0.6 is 0 Å². The Morgan fingerprint density at radius 1 is 1.00 bits per heavy atom. The monoisotopic (exact) mass is 336 g/mol. The summed E-state index contributed by atoms with van der Waals surface area (Å²) in [5.74, 6) is 0.209. The lowest BCUT2D eigenvalue weighted by Gasteiger charge is -2.24. The van der Waals surface area contributed by atoms with Gasteiger partial charge in [-0.2, -0.15) is 0 Å². The Labute approximate surface area is 146 Å². The van der Waals surface area contributed by atoms with E-state index in [1.807, 2.05) is 42.5 Å². The Morgan fingerprint density at radius 2 is 1.76 bits per heavy atom. The number of piperidine rings is 1. The number of phenolic OH excluding ortho intramolecular Hbond substituents is 1. The van der Waals surface area contributed by atoms with Crippen LogP contribution in [-0.4, -0.2) is 18.2 Å². The number of aromatic hydroxyl groups is 1. The zero-order valence-electron chi connectivity index (χ0n) is 14.1. The van der Waals surface area contributed by atoms with Crippen molar-refractivity contribution in [1.82, 2.24) is 0 Å². The highest BCUT2D eigenvalue weighted by atomic mass is 16.4. The first-order valence-corrected chi connectivity index (χ1v) is 8.90. The van der Waals surface area contributed by atoms with Crippen molar-refractivity contribution in [1.29, 1.82) is 0 Å². The van der Waals surface area contributed by atoms with E-state index >= 15 is 0 Å². The van der Waals surface area contributed by atoms with E-state index in [-0.39, 0.29) is 11.4 Å². The lowest BCUT2D eigenvalue weighted by Crippen LogP contribution is -3.11. The van der Waals surface area contributed by atoms with Crippen molar-refractivity contribution >= 4 is 11.0 Å². The molecule has 0 unspecified atom stereocenters. The number of phenols is 1. The van der Waals surface area contributed by atoms with Gasteiger partial charge in [0.2, 0.25) is 0 Å². The van der Waals surface area contributed by atoms with Crippen LogP contribution in [0.5, 0.6) is 5.75 Å². The van der Waals surface area contributed by atoms with Crippen LogP contribution in [0.2, 0.25) is 0 Å². The molecular formula is C21H22NO3+. The van der Waals surface area contributed by atoms with Gasteiger partial charge in [-0.1, -0.05) is 30.3 Å². The van der Waals surface area contributed by atoms with Gasteiger partial charge in [-0.15, -0.1) is 0 Å². The SMILES string of the molecule is O=c1oc2c(C[NH+]3CCCCC3)c(O)ccc2cc1-c1ccccc1. The molecule has 2 aromatic carbocycles. The van der Waals surface area contributed by atoms with Crippen LogP contribution < -0.4 is 10.5 Å². The molecule has 2 N–H and O–H groups in total. The van der Waals surface area contributed by atoms with Crippen molar-refractivity contribution in [3.05, 3.63) is 64.5 Å². The molecule has 4 nitrogen and oxygen atoms in total. The molecule has 1 aliphatic rings. The topological polar surface area (TPSA) is 54.9 Å². The zero-order valence-corrected chi connectivity index (χ0v) is 14.1. The van der Waals surface area contributed by atoms with E-state index in [9.17, 15) is 9.90 Å². The van der Waals surface area contributed by atoms with Crippen LogP contribution in [0.3, 0.4) is 0 Å². The van der Waals surface area contributed by atoms with Crippen molar-refractivity contribution < 1.29 is 14.4 Å². The Kier molecular flexibility index (Phi) is 4.28. The van der Waals surface area contributed by atoms with Crippen molar-refractivity contribution in [3.63, 3.8) is 0 Å². The van der Waals surface area contributed by atoms with Gasteiger partial charge in [-0.05, 0) is 43.0 Å². The van der Waals surface area contributed by atoms with Crippen LogP contribution in [0.15, 0.2) is 57.7 Å². The molecular weight excluding hydrogens is 314 g/mol. The van der Waals surface area contributed by atoms with Gasteiger partial charge >= 0.3 is 5.63 Å². The van der Waals surface area contributed by atoms with Crippen molar-refractivity contribution in [3.8, 4) is 16.9 Å². The Bertz CT molecular complexity index is 941. The summed E-state index contributed by atoms with van der Waals surface area (Å²) in [5, 5.41) is 11.2. The number of quaternary nitrogens is 1. The van der Waals surface area contributed by atoms with Crippen LogP contribution in [-0.2, 0) is 6.54 Å². The Balaban J connectivity index is 1.80. The third-order valence-corrected chi connectivity index (χ3v) is 5.05. The highest BCUT2D eigenvalue weighted by Gasteiger charge is 2.20. The lowest BCUT2D eigenvalue weighted by molar-refractivity contribution is -0.918. The van der Waals surface area contributed by atoms with E-state index in [0.717, 1.165) is 29.6 Å². The van der Waals surface area contributed by atoms with Crippen LogP contribution in [0.25, 0.3) is 22.1 Å². The molecule has 1 aliphatic heterocycles. The maximum atomic E-state index is 12.5. The van der Waals surface area contributed by atoms with E-state index in [2.05, 4.69) is 0 Å². The van der Waals surface area contributed by atoms with Crippen LogP contribution in [0.1, 0.15) is 24.8 Å². The van der Waals surface area contributed by atoms with Gasteiger partial charge in [0.1, 0.15) is 12.3 Å². The molecule has 0 atom stereocenters. The molecule has 0 bridgehead atoms. The summed E-state index contributed by atoms with van der Waals surface area (Å²) in [4.78, 5) is 14.0. The number of likely N-dealkylation sites (tertiary alicyclic amines) is 1. The summed E-state index contributed by atoms with van der Waals surface area (Å²) < 4.78 is 5.67. The fourth-order valence-corrected chi connectivity index (χ4v) is 3.70. The standard InChI is InChI=1S/C21H21NO3/c23-19-10-9-16-13-17(15-7-3-1-4-8-15)21(24)25-20(16)18(19)14-22-11-5-2-6-12-22/h1,3-4,7-10,13,23H,2,5-6,11-12,14H2/p+1. The highest BCUT2D eigenvalue weighted by Crippen LogP contribution is 2.28. The molecule has 2 heterocycles. The van der Waals surface area contributed by atoms with Gasteiger partial charge in [0, 0.05) is 5.39 Å². The molecule has 0 amide bonds. The summed E-state index contributed by atoms with van der Waals surface area (Å²) in [5.41, 5.74) is 2.29. The molecule has 25 heavy (non-hydrogen) atoms.